The van der Waals surface area contributed by atoms with Crippen LogP contribution in [-0.4, -0.2) is 17.0 Å². The zero-order valence-corrected chi connectivity index (χ0v) is 13.8. The van der Waals surface area contributed by atoms with Gasteiger partial charge in [-0.2, -0.15) is 4.58 Å². The van der Waals surface area contributed by atoms with E-state index in [0.717, 1.165) is 6.67 Å². The molecule has 0 unspecified atom stereocenters. The minimum atomic E-state index is 0.851. The van der Waals surface area contributed by atoms with Crippen molar-refractivity contribution in [2.24, 2.45) is 0 Å². The molecule has 0 saturated heterocycles. The molecule has 0 N–H and O–H groups in total. The highest BCUT2D eigenvalue weighted by molar-refractivity contribution is 5.91. The van der Waals surface area contributed by atoms with E-state index in [9.17, 15) is 0 Å². The highest BCUT2D eigenvalue weighted by Gasteiger charge is 2.26. The maximum atomic E-state index is 2.38. The Balaban J connectivity index is 2.06. The summed E-state index contributed by atoms with van der Waals surface area (Å²) in [6.07, 6.45) is 2.27. The number of anilines is 1. The largest absolute Gasteiger partial charge is 0.289 e. The molecule has 2 nitrogen and oxygen atoms in total. The van der Waals surface area contributed by atoms with E-state index in [0.29, 0.717) is 0 Å². The smallest absolute Gasteiger partial charge is 0.228 e. The predicted octanol–water partition coefficient (Wildman–Crippen LogP) is 4.79. The Kier molecular flexibility index (Phi) is 3.84. The van der Waals surface area contributed by atoms with E-state index in [2.05, 4.69) is 91.8 Å². The van der Waals surface area contributed by atoms with Crippen LogP contribution in [0.3, 0.4) is 0 Å². The number of aryl methyl sites for hydroxylation is 2. The van der Waals surface area contributed by atoms with E-state index in [1.165, 1.54) is 33.9 Å². The molecule has 0 atom stereocenters. The third-order valence-corrected chi connectivity index (χ3v) is 4.36. The molecule has 0 saturated carbocycles. The lowest BCUT2D eigenvalue weighted by molar-refractivity contribution is -0.440. The average Bonchev–Trinajstić information content (AvgIpc) is 2.50. The van der Waals surface area contributed by atoms with E-state index >= 15 is 0 Å². The summed E-state index contributed by atoms with van der Waals surface area (Å²) in [6, 6.07) is 17.2. The van der Waals surface area contributed by atoms with Crippen molar-refractivity contribution in [1.29, 1.82) is 0 Å². The molecule has 0 bridgehead atoms. The SMILES string of the molecule is CC1=CC(C)=[N+](c2ccccc2C)CN1c1ccccc1C. The van der Waals surface area contributed by atoms with E-state index in [1.54, 1.807) is 0 Å². The molecule has 2 heteroatoms. The number of hydrogen-bond acceptors (Lipinski definition) is 1. The standard InChI is InChI=1S/C20H23N2/c1-15-9-5-7-11-19(15)21-14-22(18(4)13-17(21)3)20-12-8-6-10-16(20)2/h5-13H,14H2,1-4H3/q+1. The van der Waals surface area contributed by atoms with Gasteiger partial charge in [0.25, 0.3) is 0 Å². The molecule has 0 spiro atoms. The summed E-state index contributed by atoms with van der Waals surface area (Å²) in [6.45, 7) is 9.57. The normalized spacial score (nSPS) is 15.1. The fraction of sp³-hybridized carbons (Fsp3) is 0.250. The number of hydrogen-bond donors (Lipinski definition) is 0. The summed E-state index contributed by atoms with van der Waals surface area (Å²) in [4.78, 5) is 2.38. The monoisotopic (exact) mass is 291 g/mol. The van der Waals surface area contributed by atoms with Crippen molar-refractivity contribution in [1.82, 2.24) is 0 Å². The first-order chi connectivity index (χ1) is 10.6. The first-order valence-corrected chi connectivity index (χ1v) is 7.76. The second-order valence-corrected chi connectivity index (χ2v) is 6.00. The quantitative estimate of drug-likeness (QED) is 0.721. The molecule has 22 heavy (non-hydrogen) atoms. The number of nitrogens with zero attached hydrogens (tertiary/aromatic N) is 2. The van der Waals surface area contributed by atoms with Crippen molar-refractivity contribution >= 4 is 17.1 Å². The molecular formula is C20H23N2+. The second kappa shape index (κ2) is 5.80. The summed E-state index contributed by atoms with van der Waals surface area (Å²) < 4.78 is 2.38. The first-order valence-electron chi connectivity index (χ1n) is 7.76. The van der Waals surface area contributed by atoms with Crippen LogP contribution in [0.1, 0.15) is 25.0 Å². The Morgan fingerprint density at radius 1 is 0.818 bits per heavy atom. The number of para-hydroxylation sites is 2. The summed E-state index contributed by atoms with van der Waals surface area (Å²) in [5.74, 6) is 0. The third-order valence-electron chi connectivity index (χ3n) is 4.36. The number of benzene rings is 2. The summed E-state index contributed by atoms with van der Waals surface area (Å²) in [7, 11) is 0. The molecule has 0 aromatic heterocycles. The van der Waals surface area contributed by atoms with Crippen LogP contribution in [0.25, 0.3) is 0 Å². The van der Waals surface area contributed by atoms with E-state index in [-0.39, 0.29) is 0 Å². The first kappa shape index (κ1) is 14.6. The number of rotatable bonds is 2. The van der Waals surface area contributed by atoms with Crippen LogP contribution in [0.15, 0.2) is 60.3 Å². The fourth-order valence-corrected chi connectivity index (χ4v) is 3.09. The average molecular weight is 291 g/mol. The molecule has 0 fully saturated rings. The second-order valence-electron chi connectivity index (χ2n) is 6.00. The van der Waals surface area contributed by atoms with E-state index in [1.807, 2.05) is 0 Å². The van der Waals surface area contributed by atoms with Gasteiger partial charge in [-0.05, 0) is 32.4 Å². The lowest BCUT2D eigenvalue weighted by atomic mass is 10.1. The summed E-state index contributed by atoms with van der Waals surface area (Å²) in [5.41, 5.74) is 7.75. The lowest BCUT2D eigenvalue weighted by Crippen LogP contribution is -2.36. The third kappa shape index (κ3) is 2.57. The van der Waals surface area contributed by atoms with Gasteiger partial charge in [0.05, 0.1) is 0 Å². The van der Waals surface area contributed by atoms with Gasteiger partial charge in [-0.15, -0.1) is 0 Å². The van der Waals surface area contributed by atoms with Crippen LogP contribution in [0, 0.1) is 13.8 Å². The van der Waals surface area contributed by atoms with Crippen molar-refractivity contribution in [3.8, 4) is 0 Å². The minimum Gasteiger partial charge on any atom is -0.289 e. The Bertz CT molecular complexity index is 769. The van der Waals surface area contributed by atoms with Crippen LogP contribution in [0.5, 0.6) is 0 Å². The Morgan fingerprint density at radius 3 is 2.14 bits per heavy atom. The van der Waals surface area contributed by atoms with Gasteiger partial charge in [-0.25, -0.2) is 0 Å². The predicted molar refractivity (Wildman–Crippen MR) is 94.1 cm³/mol. The van der Waals surface area contributed by atoms with Gasteiger partial charge in [0.2, 0.25) is 12.4 Å². The van der Waals surface area contributed by atoms with Crippen molar-refractivity contribution in [2.45, 2.75) is 27.7 Å². The lowest BCUT2D eigenvalue weighted by Gasteiger charge is -2.28. The summed E-state index contributed by atoms with van der Waals surface area (Å²) in [5, 5.41) is 0. The van der Waals surface area contributed by atoms with Gasteiger partial charge >= 0.3 is 0 Å². The minimum absolute atomic E-state index is 0.851. The molecule has 0 amide bonds. The molecule has 1 heterocycles. The van der Waals surface area contributed by atoms with Crippen LogP contribution in [0.4, 0.5) is 11.4 Å². The van der Waals surface area contributed by atoms with Crippen molar-refractivity contribution in [3.05, 3.63) is 71.4 Å². The van der Waals surface area contributed by atoms with Crippen molar-refractivity contribution in [3.63, 3.8) is 0 Å². The Hall–Kier alpha value is -2.35. The van der Waals surface area contributed by atoms with Gasteiger partial charge in [-0.3, -0.25) is 4.90 Å². The molecule has 0 aliphatic carbocycles. The van der Waals surface area contributed by atoms with Crippen LogP contribution in [0.2, 0.25) is 0 Å². The van der Waals surface area contributed by atoms with Crippen molar-refractivity contribution < 1.29 is 4.58 Å². The summed E-state index contributed by atoms with van der Waals surface area (Å²) >= 11 is 0. The maximum Gasteiger partial charge on any atom is 0.228 e. The highest BCUT2D eigenvalue weighted by atomic mass is 15.3. The molecule has 2 aromatic carbocycles. The van der Waals surface area contributed by atoms with E-state index < -0.39 is 0 Å². The molecule has 2 aromatic rings. The van der Waals surface area contributed by atoms with Crippen molar-refractivity contribution in [2.75, 3.05) is 11.6 Å². The highest BCUT2D eigenvalue weighted by Crippen LogP contribution is 2.28. The van der Waals surface area contributed by atoms with Gasteiger partial charge < -0.3 is 0 Å². The maximum absolute atomic E-state index is 2.38. The van der Waals surface area contributed by atoms with Gasteiger partial charge in [-0.1, -0.05) is 36.4 Å². The number of allylic oxidation sites excluding steroid dienone is 2. The zero-order chi connectivity index (χ0) is 15.7. The molecule has 1 aliphatic rings. The fourth-order valence-electron chi connectivity index (χ4n) is 3.09. The van der Waals surface area contributed by atoms with Gasteiger partial charge in [0, 0.05) is 36.0 Å². The molecule has 112 valence electrons. The zero-order valence-electron chi connectivity index (χ0n) is 13.8. The Morgan fingerprint density at radius 2 is 1.45 bits per heavy atom. The van der Waals surface area contributed by atoms with Crippen LogP contribution in [-0.2, 0) is 0 Å². The molecular weight excluding hydrogens is 268 g/mol. The van der Waals surface area contributed by atoms with Gasteiger partial charge in [0.15, 0.2) is 5.71 Å². The molecule has 3 rings (SSSR count). The molecule has 1 aliphatic heterocycles. The van der Waals surface area contributed by atoms with Crippen LogP contribution >= 0.6 is 0 Å². The van der Waals surface area contributed by atoms with E-state index in [4.69, 9.17) is 0 Å². The van der Waals surface area contributed by atoms with Gasteiger partial charge in [0.1, 0.15) is 0 Å². The molecule has 0 radical (unpaired) electrons. The topological polar surface area (TPSA) is 6.25 Å². The Labute approximate surface area is 133 Å². The van der Waals surface area contributed by atoms with Crippen LogP contribution < -0.4 is 4.90 Å².